The van der Waals surface area contributed by atoms with Gasteiger partial charge in [0.05, 0.1) is 0 Å². The molecule has 3 nitrogen and oxygen atoms in total. The molecule has 3 heteroatoms. The minimum atomic E-state index is -0.628. The summed E-state index contributed by atoms with van der Waals surface area (Å²) in [7, 11) is 0. The van der Waals surface area contributed by atoms with E-state index >= 15 is 0 Å². The summed E-state index contributed by atoms with van der Waals surface area (Å²) in [6.45, 7) is 45.4. The zero-order valence-corrected chi connectivity index (χ0v) is 36.0. The van der Waals surface area contributed by atoms with Crippen molar-refractivity contribution in [1.82, 2.24) is 0 Å². The number of hydrogen-bond acceptors (Lipinski definition) is 3. The molecule has 282 valence electrons. The van der Waals surface area contributed by atoms with Crippen LogP contribution in [0.1, 0.15) is 165 Å². The van der Waals surface area contributed by atoms with Gasteiger partial charge in [0.2, 0.25) is 0 Å². The van der Waals surface area contributed by atoms with Crippen molar-refractivity contribution in [2.24, 2.45) is 81.8 Å². The van der Waals surface area contributed by atoms with Crippen molar-refractivity contribution in [3.8, 4) is 0 Å². The van der Waals surface area contributed by atoms with Crippen LogP contribution in [0.3, 0.4) is 0 Å². The fourth-order valence-electron chi connectivity index (χ4n) is 6.63. The minimum Gasteiger partial charge on any atom is -0.299 e. The molecule has 0 fully saturated rings. The average molecular weight is 673 g/mol. The van der Waals surface area contributed by atoms with E-state index in [2.05, 4.69) is 117 Å². The Kier molecular flexibility index (Phi) is 21.9. The highest BCUT2D eigenvalue weighted by Crippen LogP contribution is 2.37. The molecule has 8 atom stereocenters. The van der Waals surface area contributed by atoms with Crippen LogP contribution in [0.15, 0.2) is 23.8 Å². The summed E-state index contributed by atoms with van der Waals surface area (Å²) < 4.78 is 0. The third-order valence-electron chi connectivity index (χ3n) is 12.7. The number of carbonyl (C=O) groups is 3. The molecule has 0 aromatic rings. The number of ketones is 3. The molecule has 0 amide bonds. The third kappa shape index (κ3) is 16.5. The first-order valence-corrected chi connectivity index (χ1v) is 19.6. The van der Waals surface area contributed by atoms with Crippen LogP contribution in [0.4, 0.5) is 0 Å². The number of hydrogen-bond donors (Lipinski definition) is 0. The Labute approximate surface area is 301 Å². The fourth-order valence-corrected chi connectivity index (χ4v) is 6.63. The van der Waals surface area contributed by atoms with Gasteiger partial charge < -0.3 is 0 Å². The maximum Gasteiger partial charge on any atom is 0.155 e. The number of allylic oxidation sites excluding steroid dienone is 4. The normalized spacial score (nSPS) is 18.9. The van der Waals surface area contributed by atoms with Gasteiger partial charge in [-0.1, -0.05) is 135 Å². The molecule has 0 saturated carbocycles. The lowest BCUT2D eigenvalue weighted by Gasteiger charge is -2.35. The first-order chi connectivity index (χ1) is 21.6. The maximum atomic E-state index is 13.1. The quantitative estimate of drug-likeness (QED) is 0.101. The van der Waals surface area contributed by atoms with E-state index in [1.807, 2.05) is 40.7 Å². The van der Waals surface area contributed by atoms with E-state index in [1.165, 1.54) is 12.0 Å². The molecule has 0 radical (unpaired) electrons. The molecular formula is C45H84O3. The van der Waals surface area contributed by atoms with E-state index in [9.17, 15) is 14.4 Å². The summed E-state index contributed by atoms with van der Waals surface area (Å²) in [6, 6.07) is 0. The van der Waals surface area contributed by atoms with Crippen LogP contribution in [-0.4, -0.2) is 17.3 Å². The molecule has 0 bridgehead atoms. The molecule has 0 heterocycles. The van der Waals surface area contributed by atoms with Gasteiger partial charge in [-0.05, 0) is 105 Å². The number of carbonyl (C=O) groups excluding carboxylic acids is 3. The van der Waals surface area contributed by atoms with Crippen molar-refractivity contribution >= 4 is 17.3 Å². The second-order valence-electron chi connectivity index (χ2n) is 18.6. The maximum absolute atomic E-state index is 13.1. The van der Waals surface area contributed by atoms with Gasteiger partial charge in [0.1, 0.15) is 11.6 Å². The lowest BCUT2D eigenvalue weighted by molar-refractivity contribution is -0.131. The van der Waals surface area contributed by atoms with Crippen molar-refractivity contribution in [3.05, 3.63) is 23.8 Å². The third-order valence-corrected chi connectivity index (χ3v) is 12.7. The first-order valence-electron chi connectivity index (χ1n) is 19.6. The second kappa shape index (κ2) is 21.6. The highest BCUT2D eigenvalue weighted by atomic mass is 16.1. The van der Waals surface area contributed by atoms with Crippen LogP contribution in [0.5, 0.6) is 0 Å². The predicted octanol–water partition coefficient (Wildman–Crippen LogP) is 13.1. The summed E-state index contributed by atoms with van der Waals surface area (Å²) in [5.41, 5.74) is 0.932. The Hall–Kier alpha value is -1.51. The van der Waals surface area contributed by atoms with Gasteiger partial charge in [0.15, 0.2) is 5.78 Å². The minimum absolute atomic E-state index is 0.0422. The second-order valence-corrected chi connectivity index (χ2v) is 18.6. The van der Waals surface area contributed by atoms with E-state index in [4.69, 9.17) is 0 Å². The molecule has 0 spiro atoms. The van der Waals surface area contributed by atoms with Crippen molar-refractivity contribution in [1.29, 1.82) is 0 Å². The van der Waals surface area contributed by atoms with Crippen LogP contribution in [0.25, 0.3) is 0 Å². The summed E-state index contributed by atoms with van der Waals surface area (Å²) in [5, 5.41) is 0. The van der Waals surface area contributed by atoms with Crippen molar-refractivity contribution in [2.45, 2.75) is 165 Å². The molecule has 0 aromatic carbocycles. The van der Waals surface area contributed by atoms with Gasteiger partial charge in [-0.15, -0.1) is 0 Å². The van der Waals surface area contributed by atoms with Crippen LogP contribution in [0, 0.1) is 81.8 Å². The van der Waals surface area contributed by atoms with Gasteiger partial charge >= 0.3 is 0 Å². The van der Waals surface area contributed by atoms with Crippen molar-refractivity contribution < 1.29 is 14.4 Å². The summed E-state index contributed by atoms with van der Waals surface area (Å²) in [6.07, 6.45) is 8.68. The van der Waals surface area contributed by atoms with Crippen LogP contribution < -0.4 is 0 Å². The molecule has 0 aliphatic rings. The molecular weight excluding hydrogens is 588 g/mol. The van der Waals surface area contributed by atoms with Crippen molar-refractivity contribution in [3.63, 3.8) is 0 Å². The van der Waals surface area contributed by atoms with Gasteiger partial charge in [-0.3, -0.25) is 14.4 Å². The first kappa shape index (κ1) is 48.6. The Morgan fingerprint density at radius 3 is 1.40 bits per heavy atom. The molecule has 0 N–H and O–H groups in total. The topological polar surface area (TPSA) is 51.2 Å². The summed E-state index contributed by atoms with van der Waals surface area (Å²) >= 11 is 0. The average Bonchev–Trinajstić information content (AvgIpc) is 3.01. The van der Waals surface area contributed by atoms with Gasteiger partial charge in [-0.2, -0.15) is 0 Å². The molecule has 48 heavy (non-hydrogen) atoms. The number of rotatable bonds is 19. The van der Waals surface area contributed by atoms with Gasteiger partial charge in [0, 0.05) is 29.6 Å². The zero-order valence-electron chi connectivity index (χ0n) is 36.0. The van der Waals surface area contributed by atoms with Gasteiger partial charge in [-0.25, -0.2) is 0 Å². The summed E-state index contributed by atoms with van der Waals surface area (Å²) in [4.78, 5) is 38.0. The SMILES string of the molecule is C/C=C(\C)C(C)C(C)CCC(C)C(C)C(=O)C(C)C.CC(C)C(C)C(CC(=O)/C=C/C(C)(C)C(=O)C(C)C(C)C(C)(C)C)C(C)C(C)C. The molecule has 0 aliphatic carbocycles. The smallest absolute Gasteiger partial charge is 0.155 e. The van der Waals surface area contributed by atoms with E-state index in [0.29, 0.717) is 59.5 Å². The monoisotopic (exact) mass is 673 g/mol. The molecule has 0 saturated heterocycles. The molecule has 0 aliphatic heterocycles. The molecule has 0 aromatic heterocycles. The van der Waals surface area contributed by atoms with E-state index in [0.717, 1.165) is 6.42 Å². The Morgan fingerprint density at radius 1 is 0.625 bits per heavy atom. The standard InChI is InChI=1S/C27H50O2.C18H34O/c1-17(2)19(5)24(20(6)18(3)4)16-23(28)14-15-27(12,13)25(29)21(7)22(8)26(9,10)11;1-9-13(4)16(7)14(5)10-11-15(6)17(8)18(19)12(2)3/h14-15,17-22,24H,16H2,1-13H3;9,12,14-17H,10-11H2,1-8H3/b15-14+;13-9+. The Morgan fingerprint density at radius 2 is 1.04 bits per heavy atom. The van der Waals surface area contributed by atoms with Crippen LogP contribution >= 0.6 is 0 Å². The van der Waals surface area contributed by atoms with E-state index in [-0.39, 0.29) is 40.7 Å². The van der Waals surface area contributed by atoms with E-state index < -0.39 is 5.41 Å². The lowest BCUT2D eigenvalue weighted by atomic mass is 9.69. The molecule has 0 rings (SSSR count). The van der Waals surface area contributed by atoms with Crippen LogP contribution in [-0.2, 0) is 14.4 Å². The largest absolute Gasteiger partial charge is 0.299 e. The van der Waals surface area contributed by atoms with Crippen LogP contribution in [0.2, 0.25) is 0 Å². The number of Topliss-reactive ketones (excluding diaryl/α,β-unsaturated/α-hetero) is 2. The van der Waals surface area contributed by atoms with E-state index in [1.54, 1.807) is 6.08 Å². The Bertz CT molecular complexity index is 1000. The molecule has 8 unspecified atom stereocenters. The van der Waals surface area contributed by atoms with Gasteiger partial charge in [0.25, 0.3) is 0 Å². The zero-order chi connectivity index (χ0) is 38.5. The fraction of sp³-hybridized carbons (Fsp3) is 0.844. The predicted molar refractivity (Wildman–Crippen MR) is 212 cm³/mol. The summed E-state index contributed by atoms with van der Waals surface area (Å²) in [5.74, 6) is 5.67. The Balaban J connectivity index is 0. The lowest BCUT2D eigenvalue weighted by Crippen LogP contribution is -2.36. The van der Waals surface area contributed by atoms with Crippen molar-refractivity contribution in [2.75, 3.05) is 0 Å². The highest BCUT2D eigenvalue weighted by molar-refractivity contribution is 5.93. The highest BCUT2D eigenvalue weighted by Gasteiger charge is 2.36.